The first-order valence-corrected chi connectivity index (χ1v) is 8.50. The number of H-pyrrole nitrogens is 1. The van der Waals surface area contributed by atoms with Gasteiger partial charge >= 0.3 is 0 Å². The maximum Gasteiger partial charge on any atom is 0.276 e. The largest absolute Gasteiger partial charge is 0.360 e. The van der Waals surface area contributed by atoms with Crippen LogP contribution in [0.1, 0.15) is 64.9 Å². The van der Waals surface area contributed by atoms with Gasteiger partial charge in [0, 0.05) is 42.9 Å². The Balaban J connectivity index is 1.53. The monoisotopic (exact) mass is 314 g/mol. The van der Waals surface area contributed by atoms with E-state index in [1.54, 1.807) is 0 Å². The van der Waals surface area contributed by atoms with E-state index in [1.807, 2.05) is 18.0 Å². The van der Waals surface area contributed by atoms with Crippen LogP contribution >= 0.6 is 0 Å². The number of imidazole rings is 1. The Bertz CT molecular complexity index is 718. The molecule has 1 atom stereocenters. The molecular formula is C17H22N4O2. The number of hydrogen-bond donors (Lipinski definition) is 1. The molecule has 0 radical (unpaired) electrons. The summed E-state index contributed by atoms with van der Waals surface area (Å²) in [6, 6.07) is 0. The van der Waals surface area contributed by atoms with E-state index in [0.717, 1.165) is 67.9 Å². The fourth-order valence-corrected chi connectivity index (χ4v) is 3.73. The molecule has 122 valence electrons. The van der Waals surface area contributed by atoms with Gasteiger partial charge < -0.3 is 14.4 Å². The molecule has 23 heavy (non-hydrogen) atoms. The number of aromatic nitrogens is 3. The molecular weight excluding hydrogens is 292 g/mol. The van der Waals surface area contributed by atoms with Gasteiger partial charge in [-0.25, -0.2) is 4.98 Å². The summed E-state index contributed by atoms with van der Waals surface area (Å²) in [4.78, 5) is 22.5. The quantitative estimate of drug-likeness (QED) is 0.924. The van der Waals surface area contributed by atoms with Crippen LogP contribution in [0, 0.1) is 6.92 Å². The fourth-order valence-electron chi connectivity index (χ4n) is 3.73. The Morgan fingerprint density at radius 3 is 3.04 bits per heavy atom. The lowest BCUT2D eigenvalue weighted by Gasteiger charge is -2.31. The van der Waals surface area contributed by atoms with Gasteiger partial charge in [-0.1, -0.05) is 5.16 Å². The standard InChI is InChI=1S/C17H22N4O2/c1-11-9-18-16(19-11)12-5-4-8-21(10-12)17(22)15-13-6-2-3-7-14(13)23-20-15/h9,12H,2-8,10H2,1H3,(H,18,19)/t12-/m1/s1. The second-order valence-electron chi connectivity index (χ2n) is 6.68. The summed E-state index contributed by atoms with van der Waals surface area (Å²) in [7, 11) is 0. The molecule has 2 aliphatic rings. The molecule has 1 fully saturated rings. The summed E-state index contributed by atoms with van der Waals surface area (Å²) >= 11 is 0. The number of carbonyl (C=O) groups is 1. The van der Waals surface area contributed by atoms with Crippen molar-refractivity contribution < 1.29 is 9.32 Å². The molecule has 6 heteroatoms. The molecule has 1 saturated heterocycles. The molecule has 1 aliphatic carbocycles. The molecule has 2 aromatic heterocycles. The number of carbonyl (C=O) groups excluding carboxylic acids is 1. The van der Waals surface area contributed by atoms with Crippen molar-refractivity contribution in [2.75, 3.05) is 13.1 Å². The topological polar surface area (TPSA) is 75.0 Å². The van der Waals surface area contributed by atoms with E-state index in [4.69, 9.17) is 4.52 Å². The van der Waals surface area contributed by atoms with Crippen LogP contribution in [0.25, 0.3) is 0 Å². The van der Waals surface area contributed by atoms with E-state index in [2.05, 4.69) is 15.1 Å². The first kappa shape index (κ1) is 14.5. The lowest BCUT2D eigenvalue weighted by Crippen LogP contribution is -2.40. The third kappa shape index (κ3) is 2.66. The smallest absolute Gasteiger partial charge is 0.276 e. The average Bonchev–Trinajstić information content (AvgIpc) is 3.20. The van der Waals surface area contributed by atoms with E-state index in [9.17, 15) is 4.79 Å². The van der Waals surface area contributed by atoms with Crippen LogP contribution in [0.5, 0.6) is 0 Å². The van der Waals surface area contributed by atoms with Gasteiger partial charge in [-0.05, 0) is 39.0 Å². The molecule has 6 nitrogen and oxygen atoms in total. The number of piperidine rings is 1. The summed E-state index contributed by atoms with van der Waals surface area (Å²) in [6.07, 6.45) is 7.97. The predicted molar refractivity (Wildman–Crippen MR) is 84.3 cm³/mol. The number of nitrogens with zero attached hydrogens (tertiary/aromatic N) is 3. The average molecular weight is 314 g/mol. The number of fused-ring (bicyclic) bond motifs is 1. The highest BCUT2D eigenvalue weighted by atomic mass is 16.5. The van der Waals surface area contributed by atoms with Crippen LogP contribution < -0.4 is 0 Å². The van der Waals surface area contributed by atoms with Crippen LogP contribution in [-0.4, -0.2) is 39.0 Å². The first-order valence-electron chi connectivity index (χ1n) is 8.50. The minimum Gasteiger partial charge on any atom is -0.360 e. The van der Waals surface area contributed by atoms with Gasteiger partial charge in [0.25, 0.3) is 5.91 Å². The molecule has 3 heterocycles. The van der Waals surface area contributed by atoms with Crippen LogP contribution in [-0.2, 0) is 12.8 Å². The summed E-state index contributed by atoms with van der Waals surface area (Å²) in [5.74, 6) is 2.20. The SMILES string of the molecule is Cc1cnc([C@@H]2CCCN(C(=O)c3noc4c3CCCC4)C2)[nH]1. The highest BCUT2D eigenvalue weighted by Gasteiger charge is 2.31. The number of amides is 1. The molecule has 0 bridgehead atoms. The number of nitrogens with one attached hydrogen (secondary N) is 1. The highest BCUT2D eigenvalue weighted by molar-refractivity contribution is 5.94. The number of hydrogen-bond acceptors (Lipinski definition) is 4. The van der Waals surface area contributed by atoms with Crippen molar-refractivity contribution in [1.82, 2.24) is 20.0 Å². The predicted octanol–water partition coefficient (Wildman–Crippen LogP) is 2.60. The van der Waals surface area contributed by atoms with Gasteiger partial charge in [-0.2, -0.15) is 0 Å². The van der Waals surface area contributed by atoms with Gasteiger partial charge in [0.1, 0.15) is 11.6 Å². The first-order chi connectivity index (χ1) is 11.2. The molecule has 0 aromatic carbocycles. The Hall–Kier alpha value is -2.11. The molecule has 1 aliphatic heterocycles. The van der Waals surface area contributed by atoms with Crippen molar-refractivity contribution in [3.05, 3.63) is 34.7 Å². The van der Waals surface area contributed by atoms with E-state index in [0.29, 0.717) is 12.2 Å². The Labute approximate surface area is 135 Å². The van der Waals surface area contributed by atoms with E-state index in [1.165, 1.54) is 0 Å². The molecule has 0 unspecified atom stereocenters. The van der Waals surface area contributed by atoms with E-state index in [-0.39, 0.29) is 11.8 Å². The van der Waals surface area contributed by atoms with Gasteiger partial charge in [0.05, 0.1) is 0 Å². The fraction of sp³-hybridized carbons (Fsp3) is 0.588. The third-order valence-corrected chi connectivity index (χ3v) is 4.97. The van der Waals surface area contributed by atoms with Crippen molar-refractivity contribution in [3.63, 3.8) is 0 Å². The second kappa shape index (κ2) is 5.83. The van der Waals surface area contributed by atoms with Crippen molar-refractivity contribution >= 4 is 5.91 Å². The van der Waals surface area contributed by atoms with Crippen LogP contribution in [0.2, 0.25) is 0 Å². The van der Waals surface area contributed by atoms with Crippen LogP contribution in [0.4, 0.5) is 0 Å². The van der Waals surface area contributed by atoms with Gasteiger partial charge in [-0.15, -0.1) is 0 Å². The zero-order valence-corrected chi connectivity index (χ0v) is 13.5. The number of rotatable bonds is 2. The van der Waals surface area contributed by atoms with E-state index < -0.39 is 0 Å². The molecule has 1 amide bonds. The van der Waals surface area contributed by atoms with Crippen molar-refractivity contribution in [2.24, 2.45) is 0 Å². The minimum atomic E-state index is 0.0184. The molecule has 0 saturated carbocycles. The normalized spacial score (nSPS) is 21.3. The molecule has 0 spiro atoms. The lowest BCUT2D eigenvalue weighted by molar-refractivity contribution is 0.0693. The Morgan fingerprint density at radius 2 is 2.22 bits per heavy atom. The Kier molecular flexibility index (Phi) is 3.67. The van der Waals surface area contributed by atoms with Crippen LogP contribution in [0.15, 0.2) is 10.7 Å². The second-order valence-corrected chi connectivity index (χ2v) is 6.68. The molecule has 1 N–H and O–H groups in total. The minimum absolute atomic E-state index is 0.0184. The summed E-state index contributed by atoms with van der Waals surface area (Å²) in [5.41, 5.74) is 2.64. The Morgan fingerprint density at radius 1 is 1.35 bits per heavy atom. The van der Waals surface area contributed by atoms with Gasteiger partial charge in [0.2, 0.25) is 0 Å². The lowest BCUT2D eigenvalue weighted by atomic mass is 9.94. The number of aryl methyl sites for hydroxylation is 2. The zero-order chi connectivity index (χ0) is 15.8. The summed E-state index contributed by atoms with van der Waals surface area (Å²) in [5, 5.41) is 4.09. The third-order valence-electron chi connectivity index (χ3n) is 4.97. The number of aromatic amines is 1. The van der Waals surface area contributed by atoms with Crippen LogP contribution in [0.3, 0.4) is 0 Å². The zero-order valence-electron chi connectivity index (χ0n) is 13.5. The maximum absolute atomic E-state index is 12.9. The maximum atomic E-state index is 12.9. The summed E-state index contributed by atoms with van der Waals surface area (Å²) < 4.78 is 5.40. The highest BCUT2D eigenvalue weighted by Crippen LogP contribution is 2.29. The van der Waals surface area contributed by atoms with Gasteiger partial charge in [-0.3, -0.25) is 4.79 Å². The number of likely N-dealkylation sites (tertiary alicyclic amines) is 1. The van der Waals surface area contributed by atoms with Crippen molar-refractivity contribution in [3.8, 4) is 0 Å². The van der Waals surface area contributed by atoms with Gasteiger partial charge in [0.15, 0.2) is 5.69 Å². The van der Waals surface area contributed by atoms with Crippen molar-refractivity contribution in [1.29, 1.82) is 0 Å². The summed E-state index contributed by atoms with van der Waals surface area (Å²) in [6.45, 7) is 3.49. The molecule has 4 rings (SSSR count). The molecule has 2 aromatic rings. The van der Waals surface area contributed by atoms with E-state index >= 15 is 0 Å². The van der Waals surface area contributed by atoms with Crippen molar-refractivity contribution in [2.45, 2.75) is 51.4 Å².